The van der Waals surface area contributed by atoms with Crippen LogP contribution in [0.5, 0.6) is 0 Å². The van der Waals surface area contributed by atoms with E-state index < -0.39 is 0 Å². The molecule has 128 valence electrons. The molecular formula is C17H27N3O3. The maximum Gasteiger partial charge on any atom is 0.253 e. The molecular weight excluding hydrogens is 294 g/mol. The molecule has 1 atom stereocenters. The first-order chi connectivity index (χ1) is 11.0. The van der Waals surface area contributed by atoms with Crippen LogP contribution in [0.4, 0.5) is 0 Å². The number of rotatable bonds is 6. The Labute approximate surface area is 137 Å². The van der Waals surface area contributed by atoms with Gasteiger partial charge in [0.25, 0.3) is 5.56 Å². The standard InChI is InChI=1S/C17H27N3O3/c1-13(2)10-19-7-8-23-15(11-19)9-18-16(21)12-20-6-4-5-14(3)17(20)22/h4-6,13,15H,7-12H2,1-3H3,(H,18,21)/t15-/m1/s1. The molecule has 2 rings (SSSR count). The van der Waals surface area contributed by atoms with Crippen LogP contribution in [0.3, 0.4) is 0 Å². The molecule has 6 heteroatoms. The predicted molar refractivity (Wildman–Crippen MR) is 89.5 cm³/mol. The summed E-state index contributed by atoms with van der Waals surface area (Å²) in [5, 5.41) is 2.87. The molecule has 1 saturated heterocycles. The van der Waals surface area contributed by atoms with Crippen LogP contribution in [0.15, 0.2) is 23.1 Å². The van der Waals surface area contributed by atoms with E-state index in [0.29, 0.717) is 24.6 Å². The molecule has 1 fully saturated rings. The third kappa shape index (κ3) is 5.48. The zero-order valence-electron chi connectivity index (χ0n) is 14.2. The molecule has 1 N–H and O–H groups in total. The molecule has 2 heterocycles. The van der Waals surface area contributed by atoms with Crippen molar-refractivity contribution in [3.63, 3.8) is 0 Å². The number of pyridine rings is 1. The van der Waals surface area contributed by atoms with Crippen molar-refractivity contribution >= 4 is 5.91 Å². The highest BCUT2D eigenvalue weighted by Crippen LogP contribution is 2.07. The van der Waals surface area contributed by atoms with Crippen molar-refractivity contribution in [2.24, 2.45) is 5.92 Å². The average molecular weight is 321 g/mol. The van der Waals surface area contributed by atoms with Gasteiger partial charge in [-0.1, -0.05) is 19.9 Å². The van der Waals surface area contributed by atoms with Gasteiger partial charge in [-0.05, 0) is 18.9 Å². The second kappa shape index (κ2) is 8.26. The highest BCUT2D eigenvalue weighted by molar-refractivity contribution is 5.75. The Hall–Kier alpha value is -1.66. The molecule has 1 aromatic rings. The highest BCUT2D eigenvalue weighted by Gasteiger charge is 2.21. The van der Waals surface area contributed by atoms with Crippen LogP contribution < -0.4 is 10.9 Å². The number of hydrogen-bond acceptors (Lipinski definition) is 4. The maximum atomic E-state index is 12.0. The molecule has 0 radical (unpaired) electrons. The van der Waals surface area contributed by atoms with Crippen LogP contribution in [-0.2, 0) is 16.1 Å². The molecule has 0 spiro atoms. The molecule has 0 saturated carbocycles. The summed E-state index contributed by atoms with van der Waals surface area (Å²) in [6, 6.07) is 3.52. The molecule has 0 bridgehead atoms. The van der Waals surface area contributed by atoms with E-state index in [2.05, 4.69) is 24.1 Å². The Bertz CT molecular complexity index is 583. The van der Waals surface area contributed by atoms with Crippen LogP contribution in [0, 0.1) is 12.8 Å². The zero-order chi connectivity index (χ0) is 16.8. The summed E-state index contributed by atoms with van der Waals surface area (Å²) < 4.78 is 7.14. The third-order valence-electron chi connectivity index (χ3n) is 3.90. The summed E-state index contributed by atoms with van der Waals surface area (Å²) in [4.78, 5) is 26.3. The monoisotopic (exact) mass is 321 g/mol. The van der Waals surface area contributed by atoms with Crippen LogP contribution >= 0.6 is 0 Å². The normalized spacial score (nSPS) is 19.0. The van der Waals surface area contributed by atoms with E-state index >= 15 is 0 Å². The predicted octanol–water partition coefficient (Wildman–Crippen LogP) is 0.630. The minimum Gasteiger partial charge on any atom is -0.374 e. The summed E-state index contributed by atoms with van der Waals surface area (Å²) in [6.45, 7) is 10.2. The van der Waals surface area contributed by atoms with Gasteiger partial charge in [0, 0.05) is 37.9 Å². The van der Waals surface area contributed by atoms with Gasteiger partial charge in [0.1, 0.15) is 6.54 Å². The van der Waals surface area contributed by atoms with Crippen molar-refractivity contribution in [2.45, 2.75) is 33.4 Å². The van der Waals surface area contributed by atoms with Gasteiger partial charge in [0.2, 0.25) is 5.91 Å². The molecule has 0 aliphatic carbocycles. The van der Waals surface area contributed by atoms with Crippen LogP contribution in [0.1, 0.15) is 19.4 Å². The highest BCUT2D eigenvalue weighted by atomic mass is 16.5. The molecule has 1 aliphatic rings. The number of carbonyl (C=O) groups excluding carboxylic acids is 1. The van der Waals surface area contributed by atoms with E-state index in [1.807, 2.05) is 0 Å². The number of carbonyl (C=O) groups is 1. The molecule has 23 heavy (non-hydrogen) atoms. The fourth-order valence-electron chi connectivity index (χ4n) is 2.81. The molecule has 1 amide bonds. The van der Waals surface area contributed by atoms with Gasteiger partial charge in [-0.2, -0.15) is 0 Å². The Morgan fingerprint density at radius 1 is 1.48 bits per heavy atom. The van der Waals surface area contributed by atoms with Crippen molar-refractivity contribution in [2.75, 3.05) is 32.8 Å². The van der Waals surface area contributed by atoms with E-state index in [-0.39, 0.29) is 24.1 Å². The lowest BCUT2D eigenvalue weighted by Gasteiger charge is -2.33. The van der Waals surface area contributed by atoms with Crippen molar-refractivity contribution in [3.05, 3.63) is 34.2 Å². The number of aryl methyl sites for hydroxylation is 1. The minimum absolute atomic E-state index is 0.0145. The van der Waals surface area contributed by atoms with Gasteiger partial charge in [0.05, 0.1) is 12.7 Å². The van der Waals surface area contributed by atoms with Gasteiger partial charge in [0.15, 0.2) is 0 Å². The number of nitrogens with one attached hydrogen (secondary N) is 1. The van der Waals surface area contributed by atoms with E-state index in [0.717, 1.165) is 19.6 Å². The Kier molecular flexibility index (Phi) is 6.36. The summed E-state index contributed by atoms with van der Waals surface area (Å²) in [5.41, 5.74) is 0.514. The molecule has 0 unspecified atom stereocenters. The van der Waals surface area contributed by atoms with Crippen molar-refractivity contribution in [1.82, 2.24) is 14.8 Å². The summed E-state index contributed by atoms with van der Waals surface area (Å²) in [5.74, 6) is 0.457. The van der Waals surface area contributed by atoms with Gasteiger partial charge in [-0.15, -0.1) is 0 Å². The third-order valence-corrected chi connectivity index (χ3v) is 3.90. The van der Waals surface area contributed by atoms with Crippen molar-refractivity contribution in [3.8, 4) is 0 Å². The average Bonchev–Trinajstić information content (AvgIpc) is 2.50. The smallest absolute Gasteiger partial charge is 0.253 e. The zero-order valence-corrected chi connectivity index (χ0v) is 14.2. The lowest BCUT2D eigenvalue weighted by molar-refractivity contribution is -0.123. The SMILES string of the molecule is Cc1cccn(CC(=O)NC[C@@H]2CN(CC(C)C)CCO2)c1=O. The number of hydrogen-bond donors (Lipinski definition) is 1. The minimum atomic E-state index is -0.165. The first-order valence-corrected chi connectivity index (χ1v) is 8.22. The van der Waals surface area contributed by atoms with E-state index in [1.54, 1.807) is 25.3 Å². The number of amides is 1. The first kappa shape index (κ1) is 17.7. The molecule has 1 aliphatic heterocycles. The second-order valence-corrected chi connectivity index (χ2v) is 6.57. The van der Waals surface area contributed by atoms with Crippen molar-refractivity contribution < 1.29 is 9.53 Å². The van der Waals surface area contributed by atoms with Gasteiger partial charge in [-0.25, -0.2) is 0 Å². The first-order valence-electron chi connectivity index (χ1n) is 8.22. The Morgan fingerprint density at radius 2 is 2.26 bits per heavy atom. The summed E-state index contributed by atoms with van der Waals surface area (Å²) >= 11 is 0. The van der Waals surface area contributed by atoms with Crippen LogP contribution in [0.2, 0.25) is 0 Å². The number of nitrogens with zero attached hydrogens (tertiary/aromatic N) is 2. The Morgan fingerprint density at radius 3 is 3.00 bits per heavy atom. The Balaban J connectivity index is 1.80. The molecule has 6 nitrogen and oxygen atoms in total. The van der Waals surface area contributed by atoms with Gasteiger partial charge < -0.3 is 14.6 Å². The van der Waals surface area contributed by atoms with Crippen molar-refractivity contribution in [1.29, 1.82) is 0 Å². The molecule has 1 aromatic heterocycles. The lowest BCUT2D eigenvalue weighted by atomic mass is 10.2. The summed E-state index contributed by atoms with van der Waals surface area (Å²) in [6.07, 6.45) is 1.65. The lowest BCUT2D eigenvalue weighted by Crippen LogP contribution is -2.48. The number of aromatic nitrogens is 1. The van der Waals surface area contributed by atoms with E-state index in [4.69, 9.17) is 4.74 Å². The fourth-order valence-corrected chi connectivity index (χ4v) is 2.81. The maximum absolute atomic E-state index is 12.0. The number of morpholine rings is 1. The van der Waals surface area contributed by atoms with Gasteiger partial charge >= 0.3 is 0 Å². The fraction of sp³-hybridized carbons (Fsp3) is 0.647. The summed E-state index contributed by atoms with van der Waals surface area (Å²) in [7, 11) is 0. The molecule has 0 aromatic carbocycles. The van der Waals surface area contributed by atoms with Crippen LogP contribution in [0.25, 0.3) is 0 Å². The topological polar surface area (TPSA) is 63.6 Å². The van der Waals surface area contributed by atoms with E-state index in [9.17, 15) is 9.59 Å². The van der Waals surface area contributed by atoms with Gasteiger partial charge in [-0.3, -0.25) is 14.5 Å². The number of ether oxygens (including phenoxy) is 1. The van der Waals surface area contributed by atoms with E-state index in [1.165, 1.54) is 4.57 Å². The van der Waals surface area contributed by atoms with Crippen LogP contribution in [-0.4, -0.2) is 54.3 Å². The quantitative estimate of drug-likeness (QED) is 0.835. The second-order valence-electron chi connectivity index (χ2n) is 6.57. The largest absolute Gasteiger partial charge is 0.374 e.